The molecule has 9 heavy (non-hydrogen) atoms. The molecule has 0 spiro atoms. The maximum atomic E-state index is 10.1. The van der Waals surface area contributed by atoms with Crippen molar-refractivity contribution in [2.45, 2.75) is 12.2 Å². The quantitative estimate of drug-likeness (QED) is 0.320. The molecule has 0 unspecified atom stereocenters. The number of hydrogen-bond donors (Lipinski definition) is 4. The number of rotatable bonds is 3. The van der Waals surface area contributed by atoms with Crippen LogP contribution in [0.2, 0.25) is 0 Å². The first-order valence-corrected chi connectivity index (χ1v) is 2.45. The summed E-state index contributed by atoms with van der Waals surface area (Å²) >= 11 is 0. The molecule has 0 rings (SSSR count). The second-order valence-corrected chi connectivity index (χ2v) is 1.72. The molecular formula is C4H10N2O3. The molecule has 5 nitrogen and oxygen atoms in total. The summed E-state index contributed by atoms with van der Waals surface area (Å²) < 4.78 is 0. The minimum absolute atomic E-state index is 0.00986. The Bertz CT molecular complexity index is 112. The van der Waals surface area contributed by atoms with Crippen LogP contribution in [0.15, 0.2) is 0 Å². The third kappa shape index (κ3) is 2.41. The van der Waals surface area contributed by atoms with Gasteiger partial charge in [0.2, 0.25) is 5.79 Å². The third-order valence-corrected chi connectivity index (χ3v) is 0.888. The highest BCUT2D eigenvalue weighted by atomic mass is 16.5. The van der Waals surface area contributed by atoms with Gasteiger partial charge in [0.1, 0.15) is 0 Å². The van der Waals surface area contributed by atoms with Crippen LogP contribution in [0.1, 0.15) is 6.42 Å². The zero-order chi connectivity index (χ0) is 7.49. The molecule has 0 bridgehead atoms. The normalized spacial score (nSPS) is 11.4. The summed E-state index contributed by atoms with van der Waals surface area (Å²) in [5.41, 5.74) is 9.49. The van der Waals surface area contributed by atoms with Gasteiger partial charge in [-0.2, -0.15) is 0 Å². The van der Waals surface area contributed by atoms with Crippen LogP contribution in [0, 0.1) is 0 Å². The van der Waals surface area contributed by atoms with Crippen LogP contribution in [0.25, 0.3) is 0 Å². The first-order chi connectivity index (χ1) is 4.00. The van der Waals surface area contributed by atoms with E-state index in [2.05, 4.69) is 5.73 Å². The van der Waals surface area contributed by atoms with E-state index in [9.17, 15) is 4.79 Å². The largest absolute Gasteiger partial charge is 0.365 e. The zero-order valence-corrected chi connectivity index (χ0v) is 4.87. The van der Waals surface area contributed by atoms with Crippen molar-refractivity contribution in [2.24, 2.45) is 11.5 Å². The maximum Gasteiger partial charge on any atom is 0.277 e. The van der Waals surface area contributed by atoms with Crippen molar-refractivity contribution in [2.75, 3.05) is 6.54 Å². The van der Waals surface area contributed by atoms with Gasteiger partial charge in [-0.3, -0.25) is 4.79 Å². The lowest BCUT2D eigenvalue weighted by Gasteiger charge is -2.15. The van der Waals surface area contributed by atoms with Crippen molar-refractivity contribution in [1.82, 2.24) is 0 Å². The van der Waals surface area contributed by atoms with E-state index >= 15 is 0 Å². The molecule has 0 aromatic heterocycles. The summed E-state index contributed by atoms with van der Waals surface area (Å²) in [4.78, 5) is 10.1. The standard InChI is InChI=1S/C4H10N2O3/c5-2-1-4(8,9)3(6)7/h8-9H,1-2,5H2,(H2,6,7). The molecule has 0 atom stereocenters. The van der Waals surface area contributed by atoms with E-state index in [1.54, 1.807) is 0 Å². The third-order valence-electron chi connectivity index (χ3n) is 0.888. The van der Waals surface area contributed by atoms with Crippen LogP contribution in [0.3, 0.4) is 0 Å². The van der Waals surface area contributed by atoms with E-state index < -0.39 is 11.7 Å². The van der Waals surface area contributed by atoms with Crippen molar-refractivity contribution in [3.05, 3.63) is 0 Å². The Morgan fingerprint density at radius 2 is 2.00 bits per heavy atom. The molecule has 0 aliphatic rings. The number of amides is 1. The molecule has 0 aliphatic carbocycles. The Balaban J connectivity index is 3.85. The lowest BCUT2D eigenvalue weighted by Crippen LogP contribution is -2.45. The van der Waals surface area contributed by atoms with Gasteiger partial charge in [-0.1, -0.05) is 0 Å². The Morgan fingerprint density at radius 3 is 2.11 bits per heavy atom. The van der Waals surface area contributed by atoms with E-state index in [-0.39, 0.29) is 13.0 Å². The van der Waals surface area contributed by atoms with Crippen molar-refractivity contribution in [1.29, 1.82) is 0 Å². The number of carbonyl (C=O) groups excluding carboxylic acids is 1. The average Bonchev–Trinajstić information content (AvgIpc) is 1.65. The summed E-state index contributed by atoms with van der Waals surface area (Å²) in [6, 6.07) is 0. The van der Waals surface area contributed by atoms with E-state index in [0.29, 0.717) is 0 Å². The van der Waals surface area contributed by atoms with Crippen LogP contribution in [-0.4, -0.2) is 28.5 Å². The molecule has 54 valence electrons. The minimum atomic E-state index is -2.44. The highest BCUT2D eigenvalue weighted by Gasteiger charge is 2.28. The van der Waals surface area contributed by atoms with Gasteiger partial charge in [-0.15, -0.1) is 0 Å². The summed E-state index contributed by atoms with van der Waals surface area (Å²) in [6.07, 6.45) is -0.234. The van der Waals surface area contributed by atoms with Gasteiger partial charge in [0.05, 0.1) is 0 Å². The summed E-state index contributed by atoms with van der Waals surface area (Å²) in [5.74, 6) is -3.61. The van der Waals surface area contributed by atoms with Gasteiger partial charge in [-0.25, -0.2) is 0 Å². The van der Waals surface area contributed by atoms with E-state index in [1.807, 2.05) is 0 Å². The molecule has 5 heteroatoms. The first-order valence-electron chi connectivity index (χ1n) is 2.45. The van der Waals surface area contributed by atoms with Gasteiger partial charge >= 0.3 is 0 Å². The molecular weight excluding hydrogens is 124 g/mol. The SMILES string of the molecule is NCCC(O)(O)C(N)=O. The lowest BCUT2D eigenvalue weighted by atomic mass is 10.2. The topological polar surface area (TPSA) is 110 Å². The number of carbonyl (C=O) groups is 1. The van der Waals surface area contributed by atoms with Crippen LogP contribution in [0.4, 0.5) is 0 Å². The molecule has 0 saturated heterocycles. The Kier molecular flexibility index (Phi) is 2.57. The van der Waals surface area contributed by atoms with Gasteiger partial charge < -0.3 is 21.7 Å². The monoisotopic (exact) mass is 134 g/mol. The molecule has 0 heterocycles. The van der Waals surface area contributed by atoms with Gasteiger partial charge in [-0.05, 0) is 6.54 Å². The van der Waals surface area contributed by atoms with Crippen LogP contribution in [0.5, 0.6) is 0 Å². The molecule has 1 amide bonds. The minimum Gasteiger partial charge on any atom is -0.365 e. The number of hydrogen-bond acceptors (Lipinski definition) is 4. The van der Waals surface area contributed by atoms with Crippen molar-refractivity contribution in [3.63, 3.8) is 0 Å². The van der Waals surface area contributed by atoms with Crippen molar-refractivity contribution >= 4 is 5.91 Å². The summed E-state index contributed by atoms with van der Waals surface area (Å²) in [5, 5.41) is 17.2. The predicted molar refractivity (Wildman–Crippen MR) is 30.0 cm³/mol. The van der Waals surface area contributed by atoms with E-state index in [4.69, 9.17) is 15.9 Å². The average molecular weight is 134 g/mol. The summed E-state index contributed by atoms with van der Waals surface area (Å²) in [6.45, 7) is 0.00986. The van der Waals surface area contributed by atoms with Gasteiger partial charge in [0.15, 0.2) is 0 Å². The maximum absolute atomic E-state index is 10.1. The zero-order valence-electron chi connectivity index (χ0n) is 4.87. The molecule has 0 aromatic carbocycles. The van der Waals surface area contributed by atoms with Crippen LogP contribution in [-0.2, 0) is 4.79 Å². The number of primary amides is 1. The summed E-state index contributed by atoms with van der Waals surface area (Å²) in [7, 11) is 0. The van der Waals surface area contributed by atoms with Gasteiger partial charge in [0, 0.05) is 6.42 Å². The Hall–Kier alpha value is -0.650. The van der Waals surface area contributed by atoms with Gasteiger partial charge in [0.25, 0.3) is 5.91 Å². The lowest BCUT2D eigenvalue weighted by molar-refractivity contribution is -0.182. The number of nitrogens with two attached hydrogens (primary N) is 2. The molecule has 6 N–H and O–H groups in total. The van der Waals surface area contributed by atoms with E-state index in [1.165, 1.54) is 0 Å². The molecule has 0 aromatic rings. The van der Waals surface area contributed by atoms with Crippen molar-refractivity contribution in [3.8, 4) is 0 Å². The smallest absolute Gasteiger partial charge is 0.277 e. The van der Waals surface area contributed by atoms with E-state index in [0.717, 1.165) is 0 Å². The highest BCUT2D eigenvalue weighted by molar-refractivity contribution is 5.81. The fourth-order valence-corrected chi connectivity index (χ4v) is 0.324. The van der Waals surface area contributed by atoms with Crippen molar-refractivity contribution < 1.29 is 15.0 Å². The van der Waals surface area contributed by atoms with Crippen LogP contribution >= 0.6 is 0 Å². The predicted octanol–water partition coefficient (Wildman–Crippen LogP) is -2.50. The Morgan fingerprint density at radius 1 is 1.56 bits per heavy atom. The molecule has 0 radical (unpaired) electrons. The second kappa shape index (κ2) is 2.77. The fraction of sp³-hybridized carbons (Fsp3) is 0.750. The Labute approximate surface area is 52.3 Å². The first kappa shape index (κ1) is 8.35. The highest BCUT2D eigenvalue weighted by Crippen LogP contribution is 2.01. The molecule has 0 aliphatic heterocycles. The fourth-order valence-electron chi connectivity index (χ4n) is 0.324. The number of aliphatic hydroxyl groups is 2. The second-order valence-electron chi connectivity index (χ2n) is 1.72. The molecule has 0 saturated carbocycles. The van der Waals surface area contributed by atoms with Crippen LogP contribution < -0.4 is 11.5 Å². The molecule has 0 fully saturated rings.